The Kier molecular flexibility index (Phi) is 7.46. The Hall–Kier alpha value is -2.76. The summed E-state index contributed by atoms with van der Waals surface area (Å²) in [6, 6.07) is 9.98. The van der Waals surface area contributed by atoms with Crippen LogP contribution >= 0.6 is 0 Å². The Labute approximate surface area is 159 Å². The van der Waals surface area contributed by atoms with Crippen LogP contribution in [-0.4, -0.2) is 38.7 Å². The monoisotopic (exact) mass is 375 g/mol. The molecule has 2 rings (SSSR count). The van der Waals surface area contributed by atoms with E-state index < -0.39 is 0 Å². The molecule has 6 heteroatoms. The third-order valence-electron chi connectivity index (χ3n) is 4.39. The molecule has 0 saturated heterocycles. The minimum atomic E-state index is -0.300. The number of nitrogens with zero attached hydrogens (tertiary/aromatic N) is 1. The Morgan fingerprint density at radius 3 is 2.37 bits per heavy atom. The van der Waals surface area contributed by atoms with Gasteiger partial charge < -0.3 is 19.1 Å². The van der Waals surface area contributed by atoms with Gasteiger partial charge in [0.15, 0.2) is 11.5 Å². The van der Waals surface area contributed by atoms with Gasteiger partial charge in [0.1, 0.15) is 5.82 Å². The number of aryl methyl sites for hydroxylation is 1. The van der Waals surface area contributed by atoms with Crippen molar-refractivity contribution in [1.29, 1.82) is 0 Å². The van der Waals surface area contributed by atoms with Crippen molar-refractivity contribution >= 4 is 5.91 Å². The van der Waals surface area contributed by atoms with Crippen LogP contribution in [0.25, 0.3) is 0 Å². The molecule has 0 aromatic heterocycles. The van der Waals surface area contributed by atoms with Gasteiger partial charge >= 0.3 is 0 Å². The molecule has 0 aliphatic carbocycles. The minimum Gasteiger partial charge on any atom is -0.493 e. The number of hydrogen-bond donors (Lipinski definition) is 0. The van der Waals surface area contributed by atoms with E-state index in [4.69, 9.17) is 14.2 Å². The van der Waals surface area contributed by atoms with Gasteiger partial charge in [-0.05, 0) is 42.7 Å². The van der Waals surface area contributed by atoms with Crippen molar-refractivity contribution in [2.24, 2.45) is 0 Å². The Morgan fingerprint density at radius 1 is 1.04 bits per heavy atom. The molecule has 0 bridgehead atoms. The first-order valence-electron chi connectivity index (χ1n) is 8.84. The molecule has 0 aliphatic rings. The predicted octanol–water partition coefficient (Wildman–Crippen LogP) is 3.83. The van der Waals surface area contributed by atoms with Crippen LogP contribution in [0.3, 0.4) is 0 Å². The lowest BCUT2D eigenvalue weighted by molar-refractivity contribution is -0.131. The summed E-state index contributed by atoms with van der Waals surface area (Å²) in [6.07, 6.45) is 0.816. The summed E-state index contributed by atoms with van der Waals surface area (Å²) >= 11 is 0. The summed E-state index contributed by atoms with van der Waals surface area (Å²) in [6.45, 7) is 2.85. The SMILES string of the molecule is CCN(Cc1cccc(F)c1)C(=O)CCc1ccc(OC)c(OC)c1OC. The van der Waals surface area contributed by atoms with Crippen LogP contribution in [0.15, 0.2) is 36.4 Å². The number of rotatable bonds is 9. The van der Waals surface area contributed by atoms with Gasteiger partial charge in [-0.25, -0.2) is 4.39 Å². The fourth-order valence-corrected chi connectivity index (χ4v) is 2.99. The van der Waals surface area contributed by atoms with Crippen molar-refractivity contribution in [3.8, 4) is 17.2 Å². The van der Waals surface area contributed by atoms with E-state index in [1.807, 2.05) is 19.1 Å². The normalized spacial score (nSPS) is 10.4. The summed E-state index contributed by atoms with van der Waals surface area (Å²) in [5, 5.41) is 0. The van der Waals surface area contributed by atoms with E-state index in [-0.39, 0.29) is 11.7 Å². The standard InChI is InChI=1S/C21H26FNO4/c1-5-23(14-15-7-6-8-17(22)13-15)19(24)12-10-16-9-11-18(25-2)21(27-4)20(16)26-3/h6-9,11,13H,5,10,12,14H2,1-4H3. The van der Waals surface area contributed by atoms with E-state index in [2.05, 4.69) is 0 Å². The van der Waals surface area contributed by atoms with E-state index in [9.17, 15) is 9.18 Å². The number of ether oxygens (including phenoxy) is 3. The van der Waals surface area contributed by atoms with Crippen LogP contribution in [0, 0.1) is 5.82 Å². The van der Waals surface area contributed by atoms with Crippen LogP contribution in [-0.2, 0) is 17.8 Å². The van der Waals surface area contributed by atoms with Crippen molar-refractivity contribution in [3.63, 3.8) is 0 Å². The summed E-state index contributed by atoms with van der Waals surface area (Å²) in [4.78, 5) is 14.4. The summed E-state index contributed by atoms with van der Waals surface area (Å²) in [5.41, 5.74) is 1.64. The number of hydrogen-bond acceptors (Lipinski definition) is 4. The first kappa shape index (κ1) is 20.6. The van der Waals surface area contributed by atoms with Gasteiger partial charge in [0.25, 0.3) is 0 Å². The van der Waals surface area contributed by atoms with E-state index in [0.29, 0.717) is 43.2 Å². The zero-order valence-corrected chi connectivity index (χ0v) is 16.3. The topological polar surface area (TPSA) is 48.0 Å². The molecular formula is C21H26FNO4. The molecule has 2 aromatic carbocycles. The quantitative estimate of drug-likeness (QED) is 0.668. The molecule has 146 valence electrons. The number of halogens is 1. The Bertz CT molecular complexity index is 779. The average Bonchev–Trinajstić information content (AvgIpc) is 2.69. The van der Waals surface area contributed by atoms with E-state index >= 15 is 0 Å². The lowest BCUT2D eigenvalue weighted by Gasteiger charge is -2.22. The Morgan fingerprint density at radius 2 is 1.78 bits per heavy atom. The molecule has 27 heavy (non-hydrogen) atoms. The maximum Gasteiger partial charge on any atom is 0.223 e. The highest BCUT2D eigenvalue weighted by atomic mass is 19.1. The second-order valence-corrected chi connectivity index (χ2v) is 6.03. The molecule has 1 amide bonds. The highest BCUT2D eigenvalue weighted by Gasteiger charge is 2.18. The Balaban J connectivity index is 2.09. The molecule has 0 radical (unpaired) electrons. The third-order valence-corrected chi connectivity index (χ3v) is 4.39. The maximum absolute atomic E-state index is 13.4. The van der Waals surface area contributed by atoms with Gasteiger partial charge in [0.2, 0.25) is 11.7 Å². The van der Waals surface area contributed by atoms with Gasteiger partial charge in [-0.1, -0.05) is 18.2 Å². The molecule has 2 aromatic rings. The second kappa shape index (κ2) is 9.80. The molecule has 0 unspecified atom stereocenters. The van der Waals surface area contributed by atoms with Crippen LogP contribution < -0.4 is 14.2 Å². The first-order valence-corrected chi connectivity index (χ1v) is 8.84. The second-order valence-electron chi connectivity index (χ2n) is 6.03. The average molecular weight is 375 g/mol. The van der Waals surface area contributed by atoms with E-state index in [1.54, 1.807) is 38.4 Å². The van der Waals surface area contributed by atoms with Gasteiger partial charge in [0, 0.05) is 19.5 Å². The summed E-state index contributed by atoms with van der Waals surface area (Å²) in [5.74, 6) is 1.35. The number of methoxy groups -OCH3 is 3. The number of amides is 1. The first-order chi connectivity index (χ1) is 13.0. The lowest BCUT2D eigenvalue weighted by atomic mass is 10.1. The van der Waals surface area contributed by atoms with Crippen LogP contribution in [0.5, 0.6) is 17.2 Å². The van der Waals surface area contributed by atoms with Gasteiger partial charge in [-0.15, -0.1) is 0 Å². The third kappa shape index (κ3) is 5.12. The van der Waals surface area contributed by atoms with Gasteiger partial charge in [-0.3, -0.25) is 4.79 Å². The van der Waals surface area contributed by atoms with Crippen LogP contribution in [0.2, 0.25) is 0 Å². The largest absolute Gasteiger partial charge is 0.493 e. The molecule has 0 heterocycles. The highest BCUT2D eigenvalue weighted by Crippen LogP contribution is 2.40. The zero-order valence-electron chi connectivity index (χ0n) is 16.3. The molecule has 0 fully saturated rings. The van der Waals surface area contributed by atoms with Gasteiger partial charge in [-0.2, -0.15) is 0 Å². The van der Waals surface area contributed by atoms with Crippen molar-refractivity contribution < 1.29 is 23.4 Å². The molecular weight excluding hydrogens is 349 g/mol. The smallest absolute Gasteiger partial charge is 0.223 e. The van der Waals surface area contributed by atoms with Crippen molar-refractivity contribution in [1.82, 2.24) is 4.90 Å². The van der Waals surface area contributed by atoms with Crippen molar-refractivity contribution in [3.05, 3.63) is 53.3 Å². The zero-order chi connectivity index (χ0) is 19.8. The maximum atomic E-state index is 13.4. The van der Waals surface area contributed by atoms with Crippen LogP contribution in [0.4, 0.5) is 4.39 Å². The number of benzene rings is 2. The number of carbonyl (C=O) groups excluding carboxylic acids is 1. The predicted molar refractivity (Wildman–Crippen MR) is 102 cm³/mol. The van der Waals surface area contributed by atoms with E-state index in [1.165, 1.54) is 12.1 Å². The highest BCUT2D eigenvalue weighted by molar-refractivity contribution is 5.76. The fraction of sp³-hybridized carbons (Fsp3) is 0.381. The lowest BCUT2D eigenvalue weighted by Crippen LogP contribution is -2.30. The molecule has 0 atom stereocenters. The molecule has 5 nitrogen and oxygen atoms in total. The molecule has 0 saturated carbocycles. The summed E-state index contributed by atoms with van der Waals surface area (Å²) < 4.78 is 29.5. The molecule has 0 aliphatic heterocycles. The number of carbonyl (C=O) groups is 1. The van der Waals surface area contributed by atoms with Crippen molar-refractivity contribution in [2.45, 2.75) is 26.3 Å². The summed E-state index contributed by atoms with van der Waals surface area (Å²) in [7, 11) is 4.67. The fourth-order valence-electron chi connectivity index (χ4n) is 2.99. The molecule has 0 N–H and O–H groups in total. The minimum absolute atomic E-state index is 0.00130. The van der Waals surface area contributed by atoms with E-state index in [0.717, 1.165) is 11.1 Å². The van der Waals surface area contributed by atoms with Crippen molar-refractivity contribution in [2.75, 3.05) is 27.9 Å². The van der Waals surface area contributed by atoms with Gasteiger partial charge in [0.05, 0.1) is 21.3 Å². The van der Waals surface area contributed by atoms with Crippen LogP contribution in [0.1, 0.15) is 24.5 Å². The molecule has 0 spiro atoms.